The second kappa shape index (κ2) is 8.89. The van der Waals surface area contributed by atoms with Crippen LogP contribution in [0.4, 0.5) is 5.69 Å². The lowest BCUT2D eigenvalue weighted by Crippen LogP contribution is -2.26. The number of benzene rings is 3. The highest BCUT2D eigenvalue weighted by molar-refractivity contribution is 5.98. The number of carbonyl (C=O) groups excluding carboxylic acids is 2. The predicted octanol–water partition coefficient (Wildman–Crippen LogP) is 4.95. The molecule has 3 aromatic carbocycles. The third-order valence-corrected chi connectivity index (χ3v) is 4.89. The first-order valence-electron chi connectivity index (χ1n) is 10.1. The minimum Gasteiger partial charge on any atom is -0.449 e. The van der Waals surface area contributed by atoms with E-state index in [1.807, 2.05) is 32.0 Å². The third kappa shape index (κ3) is 4.59. The fourth-order valence-corrected chi connectivity index (χ4v) is 3.53. The Balaban J connectivity index is 1.64. The number of amides is 1. The maximum atomic E-state index is 13.1. The number of hydrogen-bond donors (Lipinski definition) is 1. The van der Waals surface area contributed by atoms with E-state index < -0.39 is 18.0 Å². The van der Waals surface area contributed by atoms with Crippen LogP contribution in [0.1, 0.15) is 33.3 Å². The van der Waals surface area contributed by atoms with Gasteiger partial charge in [0.1, 0.15) is 5.58 Å². The minimum absolute atomic E-state index is 0.267. The van der Waals surface area contributed by atoms with Gasteiger partial charge in [0, 0.05) is 17.3 Å². The molecule has 0 spiro atoms. The van der Waals surface area contributed by atoms with Gasteiger partial charge in [0.15, 0.2) is 5.43 Å². The van der Waals surface area contributed by atoms with Crippen molar-refractivity contribution in [2.75, 3.05) is 5.32 Å². The molecule has 1 atom stereocenters. The summed E-state index contributed by atoms with van der Waals surface area (Å²) in [5.74, 6) is -1.69. The maximum absolute atomic E-state index is 13.1. The molecule has 0 fully saturated rings. The van der Waals surface area contributed by atoms with Crippen molar-refractivity contribution in [1.82, 2.24) is 0 Å². The van der Waals surface area contributed by atoms with E-state index >= 15 is 0 Å². The van der Waals surface area contributed by atoms with Gasteiger partial charge < -0.3 is 14.5 Å². The zero-order valence-electron chi connectivity index (χ0n) is 17.6. The Bertz CT molecular complexity index is 1340. The van der Waals surface area contributed by atoms with Gasteiger partial charge in [-0.1, -0.05) is 48.5 Å². The number of esters is 1. The topological polar surface area (TPSA) is 85.6 Å². The van der Waals surface area contributed by atoms with Crippen LogP contribution in [0, 0.1) is 13.8 Å². The minimum atomic E-state index is -1.23. The molecule has 0 saturated heterocycles. The molecule has 0 unspecified atom stereocenters. The van der Waals surface area contributed by atoms with Gasteiger partial charge >= 0.3 is 5.97 Å². The first-order valence-corrected chi connectivity index (χ1v) is 10.1. The van der Waals surface area contributed by atoms with Crippen molar-refractivity contribution < 1.29 is 18.7 Å². The van der Waals surface area contributed by atoms with Gasteiger partial charge in [0.05, 0.1) is 5.39 Å². The molecule has 0 aliphatic carbocycles. The molecule has 160 valence electrons. The van der Waals surface area contributed by atoms with Crippen LogP contribution in [0.15, 0.2) is 88.1 Å². The predicted molar refractivity (Wildman–Crippen MR) is 122 cm³/mol. The molecule has 0 radical (unpaired) electrons. The fraction of sp³-hybridized carbons (Fsp3) is 0.115. The van der Waals surface area contributed by atoms with E-state index in [1.54, 1.807) is 54.6 Å². The number of para-hydroxylation sites is 1. The van der Waals surface area contributed by atoms with E-state index in [1.165, 1.54) is 0 Å². The number of carbonyl (C=O) groups is 2. The first-order chi connectivity index (χ1) is 15.4. The van der Waals surface area contributed by atoms with Crippen molar-refractivity contribution in [3.05, 3.63) is 112 Å². The number of hydrogen-bond acceptors (Lipinski definition) is 5. The molecule has 0 saturated carbocycles. The molecule has 32 heavy (non-hydrogen) atoms. The molecule has 6 nitrogen and oxygen atoms in total. The summed E-state index contributed by atoms with van der Waals surface area (Å²) in [5, 5.41) is 3.17. The van der Waals surface area contributed by atoms with Gasteiger partial charge in [-0.05, 0) is 49.2 Å². The summed E-state index contributed by atoms with van der Waals surface area (Å²) in [4.78, 5) is 38.3. The second-order valence-electron chi connectivity index (χ2n) is 7.53. The second-order valence-corrected chi connectivity index (χ2v) is 7.53. The Morgan fingerprint density at radius 1 is 0.875 bits per heavy atom. The van der Waals surface area contributed by atoms with Crippen LogP contribution in [0.2, 0.25) is 0 Å². The molecule has 1 aromatic heterocycles. The molecule has 4 aromatic rings. The van der Waals surface area contributed by atoms with E-state index in [-0.39, 0.29) is 16.8 Å². The maximum Gasteiger partial charge on any atom is 0.375 e. The highest BCUT2D eigenvalue weighted by Gasteiger charge is 2.27. The summed E-state index contributed by atoms with van der Waals surface area (Å²) in [5.41, 5.74) is 2.98. The quantitative estimate of drug-likeness (QED) is 0.456. The van der Waals surface area contributed by atoms with Crippen molar-refractivity contribution in [3.8, 4) is 0 Å². The van der Waals surface area contributed by atoms with Gasteiger partial charge in [-0.25, -0.2) is 4.79 Å². The van der Waals surface area contributed by atoms with E-state index in [0.717, 1.165) is 17.2 Å². The largest absolute Gasteiger partial charge is 0.449 e. The fourth-order valence-electron chi connectivity index (χ4n) is 3.53. The number of fused-ring (bicyclic) bond motifs is 1. The standard InChI is InChI=1S/C26H21NO5/c1-16-12-17(2)14-19(13-16)27-25(29)24(18-8-4-3-5-9-18)32-26(30)23-15-21(28)20-10-6-7-11-22(20)31-23/h3-15,24H,1-2H3,(H,27,29)/t24-/m1/s1. The average Bonchev–Trinajstić information content (AvgIpc) is 2.77. The number of nitrogens with one attached hydrogen (secondary N) is 1. The lowest BCUT2D eigenvalue weighted by atomic mass is 10.1. The van der Waals surface area contributed by atoms with Crippen molar-refractivity contribution >= 4 is 28.5 Å². The molecule has 1 heterocycles. The Labute approximate surface area is 184 Å². The summed E-state index contributed by atoms with van der Waals surface area (Å²) >= 11 is 0. The van der Waals surface area contributed by atoms with E-state index in [9.17, 15) is 14.4 Å². The van der Waals surface area contributed by atoms with Crippen molar-refractivity contribution in [3.63, 3.8) is 0 Å². The summed E-state index contributed by atoms with van der Waals surface area (Å²) in [7, 11) is 0. The molecule has 4 rings (SSSR count). The molecule has 0 aliphatic heterocycles. The summed E-state index contributed by atoms with van der Waals surface area (Å²) in [6.45, 7) is 3.86. The van der Waals surface area contributed by atoms with Gasteiger partial charge in [0.25, 0.3) is 5.91 Å². The summed E-state index contributed by atoms with van der Waals surface area (Å²) < 4.78 is 11.1. The van der Waals surface area contributed by atoms with Crippen LogP contribution in [-0.2, 0) is 9.53 Å². The third-order valence-electron chi connectivity index (χ3n) is 4.89. The number of rotatable bonds is 5. The van der Waals surface area contributed by atoms with E-state index in [2.05, 4.69) is 5.32 Å². The number of ether oxygens (including phenoxy) is 1. The van der Waals surface area contributed by atoms with Gasteiger partial charge in [-0.2, -0.15) is 0 Å². The molecule has 1 N–H and O–H groups in total. The molecule has 1 amide bonds. The van der Waals surface area contributed by atoms with Crippen LogP contribution >= 0.6 is 0 Å². The van der Waals surface area contributed by atoms with Gasteiger partial charge in [0.2, 0.25) is 11.9 Å². The first kappa shape index (κ1) is 21.1. The van der Waals surface area contributed by atoms with Gasteiger partial charge in [-0.3, -0.25) is 9.59 Å². The van der Waals surface area contributed by atoms with Crippen LogP contribution in [-0.4, -0.2) is 11.9 Å². The summed E-state index contributed by atoms with van der Waals surface area (Å²) in [6.07, 6.45) is -1.23. The lowest BCUT2D eigenvalue weighted by Gasteiger charge is -2.18. The van der Waals surface area contributed by atoms with E-state index in [4.69, 9.17) is 9.15 Å². The zero-order valence-corrected chi connectivity index (χ0v) is 17.6. The van der Waals surface area contributed by atoms with Crippen molar-refractivity contribution in [2.24, 2.45) is 0 Å². The van der Waals surface area contributed by atoms with Gasteiger partial charge in [-0.15, -0.1) is 0 Å². The molecular weight excluding hydrogens is 406 g/mol. The van der Waals surface area contributed by atoms with Crippen molar-refractivity contribution in [1.29, 1.82) is 0 Å². The number of aryl methyl sites for hydroxylation is 2. The Morgan fingerprint density at radius 3 is 2.25 bits per heavy atom. The van der Waals surface area contributed by atoms with Crippen LogP contribution < -0.4 is 10.7 Å². The Morgan fingerprint density at radius 2 is 1.53 bits per heavy atom. The highest BCUT2D eigenvalue weighted by atomic mass is 16.6. The lowest BCUT2D eigenvalue weighted by molar-refractivity contribution is -0.125. The van der Waals surface area contributed by atoms with Crippen LogP contribution in [0.25, 0.3) is 11.0 Å². The highest BCUT2D eigenvalue weighted by Crippen LogP contribution is 2.23. The number of anilines is 1. The Kier molecular flexibility index (Phi) is 5.85. The summed E-state index contributed by atoms with van der Waals surface area (Å²) in [6, 6.07) is 22.0. The van der Waals surface area contributed by atoms with Crippen molar-refractivity contribution in [2.45, 2.75) is 20.0 Å². The van der Waals surface area contributed by atoms with Crippen LogP contribution in [0.3, 0.4) is 0 Å². The normalized spacial score (nSPS) is 11.7. The molecule has 0 bridgehead atoms. The molecule has 6 heteroatoms. The monoisotopic (exact) mass is 427 g/mol. The SMILES string of the molecule is Cc1cc(C)cc(NC(=O)[C@H](OC(=O)c2cc(=O)c3ccccc3o2)c2ccccc2)c1. The van der Waals surface area contributed by atoms with E-state index in [0.29, 0.717) is 16.6 Å². The van der Waals surface area contributed by atoms with Crippen LogP contribution in [0.5, 0.6) is 0 Å². The molecule has 0 aliphatic rings. The smallest absolute Gasteiger partial charge is 0.375 e. The zero-order chi connectivity index (χ0) is 22.7. The average molecular weight is 427 g/mol. The Hall–Kier alpha value is -4.19. The molecular formula is C26H21NO5.